The van der Waals surface area contributed by atoms with Crippen LogP contribution in [-0.2, 0) is 16.8 Å². The highest BCUT2D eigenvalue weighted by molar-refractivity contribution is 5.00. The van der Waals surface area contributed by atoms with Crippen LogP contribution in [0.5, 0.6) is 0 Å². The van der Waals surface area contributed by atoms with E-state index in [0.717, 1.165) is 12.8 Å². The molecule has 0 fully saturated rings. The predicted molar refractivity (Wildman–Crippen MR) is 75.0 cm³/mol. The zero-order valence-electron chi connectivity index (χ0n) is 13.0. The van der Waals surface area contributed by atoms with Gasteiger partial charge in [0.05, 0.1) is 0 Å². The summed E-state index contributed by atoms with van der Waals surface area (Å²) in [4.78, 5) is 4.50. The first-order valence-corrected chi connectivity index (χ1v) is 7.11. The molecule has 0 aliphatic carbocycles. The van der Waals surface area contributed by atoms with Crippen molar-refractivity contribution in [2.75, 3.05) is 13.7 Å². The molecule has 0 amide bonds. The lowest BCUT2D eigenvalue weighted by Crippen LogP contribution is -2.33. The number of nitrogens with one attached hydrogen (secondary N) is 1. The van der Waals surface area contributed by atoms with E-state index in [0.29, 0.717) is 30.3 Å². The first kappa shape index (κ1) is 16.1. The van der Waals surface area contributed by atoms with Gasteiger partial charge in [0.25, 0.3) is 0 Å². The Morgan fingerprint density at radius 1 is 1.37 bits per heavy atom. The molecule has 0 saturated heterocycles. The van der Waals surface area contributed by atoms with E-state index in [1.807, 2.05) is 20.9 Å². The minimum atomic E-state index is -0.455. The molecule has 1 heterocycles. The van der Waals surface area contributed by atoms with E-state index >= 15 is 0 Å². The largest absolute Gasteiger partial charge is 0.367 e. The van der Waals surface area contributed by atoms with Gasteiger partial charge >= 0.3 is 0 Å². The molecule has 0 spiro atoms. The van der Waals surface area contributed by atoms with E-state index in [1.54, 1.807) is 0 Å². The van der Waals surface area contributed by atoms with Crippen molar-refractivity contribution in [3.63, 3.8) is 0 Å². The molecule has 0 bridgehead atoms. The number of hydrogen-bond acceptors (Lipinski definition) is 5. The zero-order chi connectivity index (χ0) is 14.5. The van der Waals surface area contributed by atoms with Gasteiger partial charge in [-0.1, -0.05) is 25.9 Å². The maximum atomic E-state index is 5.76. The molecular formula is C14H27N3O2. The van der Waals surface area contributed by atoms with Gasteiger partial charge in [0.15, 0.2) is 0 Å². The van der Waals surface area contributed by atoms with Crippen LogP contribution in [0.2, 0.25) is 0 Å². The van der Waals surface area contributed by atoms with E-state index in [-0.39, 0.29) is 0 Å². The fourth-order valence-electron chi connectivity index (χ4n) is 2.06. The summed E-state index contributed by atoms with van der Waals surface area (Å²) in [7, 11) is 1.96. The van der Waals surface area contributed by atoms with Gasteiger partial charge in [0.1, 0.15) is 5.60 Å². The first-order chi connectivity index (χ1) is 8.96. The number of hydrogen-bond donors (Lipinski definition) is 1. The van der Waals surface area contributed by atoms with Gasteiger partial charge in [0.2, 0.25) is 11.7 Å². The summed E-state index contributed by atoms with van der Waals surface area (Å²) in [5.41, 5.74) is -0.455. The summed E-state index contributed by atoms with van der Waals surface area (Å²) in [6, 6.07) is 0.341. The topological polar surface area (TPSA) is 60.2 Å². The molecule has 5 heteroatoms. The smallest absolute Gasteiger partial charge is 0.228 e. The summed E-state index contributed by atoms with van der Waals surface area (Å²) in [6.45, 7) is 11.0. The van der Waals surface area contributed by atoms with Crippen LogP contribution in [0.3, 0.4) is 0 Å². The van der Waals surface area contributed by atoms with Gasteiger partial charge in [-0.15, -0.1) is 0 Å². The second kappa shape index (κ2) is 7.01. The lowest BCUT2D eigenvalue weighted by molar-refractivity contribution is -0.0403. The molecule has 1 aromatic heterocycles. The van der Waals surface area contributed by atoms with Crippen molar-refractivity contribution in [1.29, 1.82) is 0 Å². The van der Waals surface area contributed by atoms with Crippen LogP contribution in [0.25, 0.3) is 0 Å². The number of nitrogens with zero attached hydrogens (tertiary/aromatic N) is 2. The van der Waals surface area contributed by atoms with Gasteiger partial charge < -0.3 is 14.6 Å². The molecule has 1 aromatic rings. The molecule has 0 saturated carbocycles. The van der Waals surface area contributed by atoms with Crippen LogP contribution in [0.4, 0.5) is 0 Å². The number of rotatable bonds is 8. The molecule has 2 atom stereocenters. The summed E-state index contributed by atoms with van der Waals surface area (Å²) in [5, 5.41) is 7.36. The highest BCUT2D eigenvalue weighted by atomic mass is 16.5. The summed E-state index contributed by atoms with van der Waals surface area (Å²) in [5.74, 6) is 1.83. The van der Waals surface area contributed by atoms with Crippen molar-refractivity contribution in [3.8, 4) is 0 Å². The van der Waals surface area contributed by atoms with Crippen molar-refractivity contribution in [1.82, 2.24) is 15.5 Å². The third-order valence-electron chi connectivity index (χ3n) is 3.65. The van der Waals surface area contributed by atoms with Crippen molar-refractivity contribution in [2.45, 2.75) is 59.1 Å². The Bertz CT molecular complexity index is 379. The molecule has 0 aliphatic rings. The molecule has 110 valence electrons. The minimum Gasteiger partial charge on any atom is -0.367 e. The fourth-order valence-corrected chi connectivity index (χ4v) is 2.06. The van der Waals surface area contributed by atoms with Gasteiger partial charge in [0, 0.05) is 19.1 Å². The Labute approximate surface area is 116 Å². The van der Waals surface area contributed by atoms with E-state index < -0.39 is 5.60 Å². The molecule has 2 unspecified atom stereocenters. The van der Waals surface area contributed by atoms with Crippen LogP contribution in [0.1, 0.15) is 52.8 Å². The second-order valence-electron chi connectivity index (χ2n) is 5.37. The van der Waals surface area contributed by atoms with Gasteiger partial charge in [-0.3, -0.25) is 0 Å². The Kier molecular flexibility index (Phi) is 5.94. The van der Waals surface area contributed by atoms with Crippen molar-refractivity contribution >= 4 is 0 Å². The van der Waals surface area contributed by atoms with E-state index in [2.05, 4.69) is 36.2 Å². The van der Waals surface area contributed by atoms with Crippen LogP contribution in [0.15, 0.2) is 4.52 Å². The minimum absolute atomic E-state index is 0.341. The number of likely N-dealkylation sites (N-methyl/N-ethyl adjacent to an activating group) is 1. The SMILES string of the molecule is CCOC(C)(CC)c1noc(CC(NC)C(C)C)n1. The Hall–Kier alpha value is -0.940. The first-order valence-electron chi connectivity index (χ1n) is 7.11. The van der Waals surface area contributed by atoms with E-state index in [1.165, 1.54) is 0 Å². The Morgan fingerprint density at radius 3 is 2.53 bits per heavy atom. The highest BCUT2D eigenvalue weighted by Gasteiger charge is 2.31. The fraction of sp³-hybridized carbons (Fsp3) is 0.857. The lowest BCUT2D eigenvalue weighted by atomic mass is 10.0. The summed E-state index contributed by atoms with van der Waals surface area (Å²) < 4.78 is 11.1. The summed E-state index contributed by atoms with van der Waals surface area (Å²) >= 11 is 0. The molecule has 0 aromatic carbocycles. The predicted octanol–water partition coefficient (Wildman–Crippen LogP) is 2.52. The van der Waals surface area contributed by atoms with E-state index in [9.17, 15) is 0 Å². The quantitative estimate of drug-likeness (QED) is 0.785. The van der Waals surface area contributed by atoms with Crippen molar-refractivity contribution < 1.29 is 9.26 Å². The van der Waals surface area contributed by atoms with Crippen LogP contribution < -0.4 is 5.32 Å². The molecular weight excluding hydrogens is 242 g/mol. The maximum Gasteiger partial charge on any atom is 0.228 e. The van der Waals surface area contributed by atoms with Gasteiger partial charge in [-0.25, -0.2) is 0 Å². The van der Waals surface area contributed by atoms with E-state index in [4.69, 9.17) is 9.26 Å². The molecule has 1 N–H and O–H groups in total. The standard InChI is InChI=1S/C14H27N3O2/c1-7-14(5,18-8-2)13-16-12(19-17-13)9-11(15-6)10(3)4/h10-11,15H,7-9H2,1-6H3. The Balaban J connectivity index is 2.81. The number of ether oxygens (including phenoxy) is 1. The van der Waals surface area contributed by atoms with Gasteiger partial charge in [-0.2, -0.15) is 4.98 Å². The lowest BCUT2D eigenvalue weighted by Gasteiger charge is -2.23. The molecule has 5 nitrogen and oxygen atoms in total. The third-order valence-corrected chi connectivity index (χ3v) is 3.65. The van der Waals surface area contributed by atoms with Crippen LogP contribution in [0, 0.1) is 5.92 Å². The third kappa shape index (κ3) is 4.01. The average molecular weight is 269 g/mol. The number of aromatic nitrogens is 2. The maximum absolute atomic E-state index is 5.76. The highest BCUT2D eigenvalue weighted by Crippen LogP contribution is 2.26. The van der Waals surface area contributed by atoms with Gasteiger partial charge in [-0.05, 0) is 33.2 Å². The van der Waals surface area contributed by atoms with Crippen LogP contribution >= 0.6 is 0 Å². The molecule has 0 radical (unpaired) electrons. The zero-order valence-corrected chi connectivity index (χ0v) is 13.0. The molecule has 0 aliphatic heterocycles. The van der Waals surface area contributed by atoms with Crippen molar-refractivity contribution in [2.24, 2.45) is 5.92 Å². The normalized spacial score (nSPS) is 16.6. The van der Waals surface area contributed by atoms with Crippen molar-refractivity contribution in [3.05, 3.63) is 11.7 Å². The Morgan fingerprint density at radius 2 is 2.05 bits per heavy atom. The van der Waals surface area contributed by atoms with Crippen LogP contribution in [-0.4, -0.2) is 29.8 Å². The molecule has 19 heavy (non-hydrogen) atoms. The molecule has 1 rings (SSSR count). The second-order valence-corrected chi connectivity index (χ2v) is 5.37. The monoisotopic (exact) mass is 269 g/mol. The summed E-state index contributed by atoms with van der Waals surface area (Å²) in [6.07, 6.45) is 1.56. The average Bonchev–Trinajstić information content (AvgIpc) is 2.84.